The molecule has 0 amide bonds. The zero-order valence-electron chi connectivity index (χ0n) is 16.8. The van der Waals surface area contributed by atoms with E-state index in [1.165, 1.54) is 11.1 Å². The lowest BCUT2D eigenvalue weighted by Gasteiger charge is -2.18. The molecule has 0 bridgehead atoms. The molecular weight excluding hydrogens is 341 g/mol. The number of ether oxygens (including phenoxy) is 2. The van der Waals surface area contributed by atoms with Gasteiger partial charge in [0.2, 0.25) is 0 Å². The minimum atomic E-state index is -0.142. The largest absolute Gasteiger partial charge is 0.487 e. The highest BCUT2D eigenvalue weighted by molar-refractivity contribution is 5.43. The Hall–Kier alpha value is -2.07. The summed E-state index contributed by atoms with van der Waals surface area (Å²) < 4.78 is 25.2. The molecule has 0 fully saturated rings. The highest BCUT2D eigenvalue weighted by atomic mass is 19.1. The van der Waals surface area contributed by atoms with Crippen LogP contribution in [0.5, 0.6) is 11.5 Å². The van der Waals surface area contributed by atoms with E-state index in [-0.39, 0.29) is 18.0 Å². The van der Waals surface area contributed by atoms with Crippen molar-refractivity contribution in [3.63, 3.8) is 0 Å². The smallest absolute Gasteiger partial charge is 0.161 e. The predicted octanol–water partition coefficient (Wildman–Crippen LogP) is 5.35. The molecule has 2 aromatic carbocycles. The first-order chi connectivity index (χ1) is 12.9. The van der Waals surface area contributed by atoms with Gasteiger partial charge in [-0.2, -0.15) is 0 Å². The maximum absolute atomic E-state index is 13.4. The van der Waals surface area contributed by atoms with Crippen molar-refractivity contribution < 1.29 is 13.9 Å². The van der Waals surface area contributed by atoms with Gasteiger partial charge < -0.3 is 9.47 Å². The molecule has 0 N–H and O–H groups in total. The third kappa shape index (κ3) is 5.46. The lowest BCUT2D eigenvalue weighted by molar-refractivity contribution is 0.198. The van der Waals surface area contributed by atoms with E-state index in [0.29, 0.717) is 0 Å². The van der Waals surface area contributed by atoms with Gasteiger partial charge in [-0.15, -0.1) is 0 Å². The fourth-order valence-electron chi connectivity index (χ4n) is 3.50. The third-order valence-electron chi connectivity index (χ3n) is 4.63. The zero-order chi connectivity index (χ0) is 19.4. The lowest BCUT2D eigenvalue weighted by Crippen LogP contribution is -2.18. The van der Waals surface area contributed by atoms with Crippen molar-refractivity contribution in [1.82, 2.24) is 4.90 Å². The predicted molar refractivity (Wildman–Crippen MR) is 107 cm³/mol. The second kappa shape index (κ2) is 8.75. The standard InChI is InChI=1S/C23H30FNO2/c1-16(2)26-22-10-7-18(12-23(22)27-17(3)4)6-5-11-25-14-19-8-9-21(24)13-20(19)15-25/h7-10,12-13,16-17H,5-6,11,14-15H2,1-4H3. The highest BCUT2D eigenvalue weighted by Gasteiger charge is 2.19. The normalized spacial score (nSPS) is 14.0. The van der Waals surface area contributed by atoms with Crippen LogP contribution in [0.3, 0.4) is 0 Å². The summed E-state index contributed by atoms with van der Waals surface area (Å²) in [5.41, 5.74) is 3.63. The van der Waals surface area contributed by atoms with Gasteiger partial charge >= 0.3 is 0 Å². The van der Waals surface area contributed by atoms with Crippen LogP contribution >= 0.6 is 0 Å². The van der Waals surface area contributed by atoms with Gasteiger partial charge in [0.05, 0.1) is 12.2 Å². The summed E-state index contributed by atoms with van der Waals surface area (Å²) in [6.07, 6.45) is 2.27. The molecule has 0 atom stereocenters. The summed E-state index contributed by atoms with van der Waals surface area (Å²) in [6.45, 7) is 10.9. The van der Waals surface area contributed by atoms with Gasteiger partial charge in [-0.1, -0.05) is 12.1 Å². The second-order valence-corrected chi connectivity index (χ2v) is 7.84. The molecule has 4 heteroatoms. The molecule has 3 rings (SSSR count). The van der Waals surface area contributed by atoms with E-state index >= 15 is 0 Å². The quantitative estimate of drug-likeness (QED) is 0.624. The van der Waals surface area contributed by atoms with Crippen LogP contribution in [0.2, 0.25) is 0 Å². The molecule has 27 heavy (non-hydrogen) atoms. The van der Waals surface area contributed by atoms with E-state index < -0.39 is 0 Å². The van der Waals surface area contributed by atoms with E-state index in [1.807, 2.05) is 39.8 Å². The second-order valence-electron chi connectivity index (χ2n) is 7.84. The molecule has 1 heterocycles. The lowest BCUT2D eigenvalue weighted by atomic mass is 10.1. The average Bonchev–Trinajstić information content (AvgIpc) is 2.98. The Kier molecular flexibility index (Phi) is 6.38. The maximum atomic E-state index is 13.4. The molecule has 1 aliphatic rings. The van der Waals surface area contributed by atoms with Crippen molar-refractivity contribution in [3.05, 3.63) is 58.9 Å². The molecule has 1 aliphatic heterocycles. The minimum absolute atomic E-state index is 0.110. The average molecular weight is 371 g/mol. The van der Waals surface area contributed by atoms with Gasteiger partial charge in [0.1, 0.15) is 5.82 Å². The molecule has 0 aromatic heterocycles. The van der Waals surface area contributed by atoms with E-state index in [4.69, 9.17) is 9.47 Å². The fourth-order valence-corrected chi connectivity index (χ4v) is 3.50. The molecule has 0 aliphatic carbocycles. The fraction of sp³-hybridized carbons (Fsp3) is 0.478. The number of hydrogen-bond acceptors (Lipinski definition) is 3. The summed E-state index contributed by atoms with van der Waals surface area (Å²) >= 11 is 0. The molecule has 0 unspecified atom stereocenters. The Labute approximate surface area is 162 Å². The number of hydrogen-bond donors (Lipinski definition) is 0. The maximum Gasteiger partial charge on any atom is 0.161 e. The SMILES string of the molecule is CC(C)Oc1ccc(CCCN2Cc3ccc(F)cc3C2)cc1OC(C)C. The monoisotopic (exact) mass is 371 g/mol. The first kappa shape index (κ1) is 19.7. The van der Waals surface area contributed by atoms with Gasteiger partial charge in [0.15, 0.2) is 11.5 Å². The third-order valence-corrected chi connectivity index (χ3v) is 4.63. The van der Waals surface area contributed by atoms with Crippen molar-refractivity contribution >= 4 is 0 Å². The topological polar surface area (TPSA) is 21.7 Å². The minimum Gasteiger partial charge on any atom is -0.487 e. The molecule has 0 saturated heterocycles. The first-order valence-corrected chi connectivity index (χ1v) is 9.86. The van der Waals surface area contributed by atoms with Crippen molar-refractivity contribution in [2.45, 2.75) is 65.8 Å². The van der Waals surface area contributed by atoms with E-state index in [9.17, 15) is 4.39 Å². The Morgan fingerprint density at radius 3 is 2.33 bits per heavy atom. The van der Waals surface area contributed by atoms with Crippen LogP contribution in [-0.4, -0.2) is 23.7 Å². The number of nitrogens with zero attached hydrogens (tertiary/aromatic N) is 1. The summed E-state index contributed by atoms with van der Waals surface area (Å²) in [5.74, 6) is 1.48. The van der Waals surface area contributed by atoms with Gasteiger partial charge in [-0.25, -0.2) is 4.39 Å². The van der Waals surface area contributed by atoms with Gasteiger partial charge in [-0.3, -0.25) is 4.90 Å². The summed E-state index contributed by atoms with van der Waals surface area (Å²) in [4.78, 5) is 2.38. The number of aryl methyl sites for hydroxylation is 1. The van der Waals surface area contributed by atoms with Crippen LogP contribution < -0.4 is 9.47 Å². The van der Waals surface area contributed by atoms with Crippen LogP contribution in [0.15, 0.2) is 36.4 Å². The Morgan fingerprint density at radius 1 is 0.889 bits per heavy atom. The molecule has 3 nitrogen and oxygen atoms in total. The first-order valence-electron chi connectivity index (χ1n) is 9.86. The van der Waals surface area contributed by atoms with Crippen molar-refractivity contribution in [2.75, 3.05) is 6.54 Å². The Balaban J connectivity index is 1.56. The van der Waals surface area contributed by atoms with E-state index in [1.54, 1.807) is 12.1 Å². The summed E-state index contributed by atoms with van der Waals surface area (Å²) in [5, 5.41) is 0. The van der Waals surface area contributed by atoms with E-state index in [0.717, 1.165) is 49.5 Å². The van der Waals surface area contributed by atoms with Crippen LogP contribution in [0.25, 0.3) is 0 Å². The van der Waals surface area contributed by atoms with Crippen molar-refractivity contribution in [3.8, 4) is 11.5 Å². The zero-order valence-corrected chi connectivity index (χ0v) is 16.8. The molecule has 0 saturated carbocycles. The Morgan fingerprint density at radius 2 is 1.59 bits per heavy atom. The number of rotatable bonds is 8. The van der Waals surface area contributed by atoms with Crippen LogP contribution in [0.1, 0.15) is 50.8 Å². The van der Waals surface area contributed by atoms with Crippen molar-refractivity contribution in [2.24, 2.45) is 0 Å². The molecule has 146 valence electrons. The summed E-state index contributed by atoms with van der Waals surface area (Å²) in [6, 6.07) is 11.4. The molecule has 2 aromatic rings. The Bertz CT molecular complexity index is 773. The number of fused-ring (bicyclic) bond motifs is 1. The van der Waals surface area contributed by atoms with Gasteiger partial charge in [0, 0.05) is 13.1 Å². The number of halogens is 1. The van der Waals surface area contributed by atoms with Crippen LogP contribution in [0.4, 0.5) is 4.39 Å². The van der Waals surface area contributed by atoms with Gasteiger partial charge in [0.25, 0.3) is 0 Å². The number of benzene rings is 2. The molecule has 0 radical (unpaired) electrons. The van der Waals surface area contributed by atoms with Crippen molar-refractivity contribution in [1.29, 1.82) is 0 Å². The molecule has 0 spiro atoms. The van der Waals surface area contributed by atoms with E-state index in [2.05, 4.69) is 17.0 Å². The van der Waals surface area contributed by atoms with Gasteiger partial charge in [-0.05, 0) is 88.0 Å². The van der Waals surface area contributed by atoms with Crippen LogP contribution in [0, 0.1) is 5.82 Å². The van der Waals surface area contributed by atoms with Crippen LogP contribution in [-0.2, 0) is 19.5 Å². The summed E-state index contributed by atoms with van der Waals surface area (Å²) in [7, 11) is 0. The highest BCUT2D eigenvalue weighted by Crippen LogP contribution is 2.31. The molecular formula is C23H30FNO2.